The predicted molar refractivity (Wildman–Crippen MR) is 53.1 cm³/mol. The highest BCUT2D eigenvalue weighted by Gasteiger charge is 2.08. The SMILES string of the molecule is N#Cc1cc(-c2[nH]ncc2N)ccc1F. The summed E-state index contributed by atoms with van der Waals surface area (Å²) in [5, 5.41) is 15.1. The first kappa shape index (κ1) is 9.21. The Kier molecular flexibility index (Phi) is 2.10. The normalized spacial score (nSPS) is 9.87. The summed E-state index contributed by atoms with van der Waals surface area (Å²) in [6, 6.07) is 5.97. The molecule has 3 N–H and O–H groups in total. The number of benzene rings is 1. The smallest absolute Gasteiger partial charge is 0.140 e. The second-order valence-electron chi connectivity index (χ2n) is 3.01. The van der Waals surface area contributed by atoms with E-state index in [1.807, 2.05) is 0 Å². The highest BCUT2D eigenvalue weighted by Crippen LogP contribution is 2.24. The molecule has 0 unspecified atom stereocenters. The summed E-state index contributed by atoms with van der Waals surface area (Å²) in [5.41, 5.74) is 7.31. The molecule has 0 amide bonds. The minimum atomic E-state index is -0.542. The summed E-state index contributed by atoms with van der Waals surface area (Å²) < 4.78 is 13.0. The summed E-state index contributed by atoms with van der Waals surface area (Å²) in [6.45, 7) is 0. The standard InChI is InChI=1S/C10H7FN4/c11-8-2-1-6(3-7(8)4-12)10-9(13)5-14-15-10/h1-3,5H,13H2,(H,14,15). The van der Waals surface area contributed by atoms with Crippen LogP contribution in [0.25, 0.3) is 11.3 Å². The van der Waals surface area contributed by atoms with E-state index in [0.717, 1.165) is 0 Å². The maximum atomic E-state index is 13.0. The van der Waals surface area contributed by atoms with Gasteiger partial charge < -0.3 is 5.73 Å². The Hall–Kier alpha value is -2.35. The molecule has 0 aliphatic rings. The van der Waals surface area contributed by atoms with Crippen molar-refractivity contribution in [1.82, 2.24) is 10.2 Å². The van der Waals surface area contributed by atoms with Crippen LogP contribution in [0.1, 0.15) is 5.56 Å². The summed E-state index contributed by atoms with van der Waals surface area (Å²) in [5.74, 6) is -0.542. The van der Waals surface area contributed by atoms with Gasteiger partial charge in [0, 0.05) is 5.56 Å². The molecule has 1 aromatic heterocycles. The fraction of sp³-hybridized carbons (Fsp3) is 0. The van der Waals surface area contributed by atoms with E-state index in [-0.39, 0.29) is 5.56 Å². The van der Waals surface area contributed by atoms with Crippen LogP contribution in [-0.4, -0.2) is 10.2 Å². The van der Waals surface area contributed by atoms with Crippen LogP contribution in [0.4, 0.5) is 10.1 Å². The number of hydrogen-bond donors (Lipinski definition) is 2. The maximum absolute atomic E-state index is 13.0. The minimum Gasteiger partial charge on any atom is -0.396 e. The van der Waals surface area contributed by atoms with Crippen molar-refractivity contribution in [2.24, 2.45) is 0 Å². The van der Waals surface area contributed by atoms with Gasteiger partial charge in [0.1, 0.15) is 11.9 Å². The molecule has 1 aromatic carbocycles. The van der Waals surface area contributed by atoms with E-state index in [1.54, 1.807) is 12.1 Å². The van der Waals surface area contributed by atoms with Crippen molar-refractivity contribution < 1.29 is 4.39 Å². The van der Waals surface area contributed by atoms with E-state index in [4.69, 9.17) is 11.0 Å². The zero-order valence-corrected chi connectivity index (χ0v) is 7.66. The van der Waals surface area contributed by atoms with Crippen molar-refractivity contribution >= 4 is 5.69 Å². The molecule has 0 fully saturated rings. The van der Waals surface area contributed by atoms with Crippen molar-refractivity contribution in [3.63, 3.8) is 0 Å². The van der Waals surface area contributed by atoms with Gasteiger partial charge in [0.15, 0.2) is 0 Å². The van der Waals surface area contributed by atoms with Crippen LogP contribution >= 0.6 is 0 Å². The van der Waals surface area contributed by atoms with E-state index in [2.05, 4.69) is 10.2 Å². The Balaban J connectivity index is 2.57. The van der Waals surface area contributed by atoms with Gasteiger partial charge in [-0.15, -0.1) is 0 Å². The van der Waals surface area contributed by atoms with Crippen molar-refractivity contribution in [3.05, 3.63) is 35.8 Å². The summed E-state index contributed by atoms with van der Waals surface area (Å²) >= 11 is 0. The molecule has 2 rings (SSSR count). The van der Waals surface area contributed by atoms with Gasteiger partial charge in [-0.05, 0) is 18.2 Å². The van der Waals surface area contributed by atoms with Gasteiger partial charge in [-0.3, -0.25) is 5.10 Å². The van der Waals surface area contributed by atoms with Crippen LogP contribution in [0.2, 0.25) is 0 Å². The molecule has 0 bridgehead atoms. The Morgan fingerprint density at radius 2 is 2.27 bits per heavy atom. The topological polar surface area (TPSA) is 78.5 Å². The number of H-pyrrole nitrogens is 1. The molecule has 0 radical (unpaired) electrons. The number of nitrogens with zero attached hydrogens (tertiary/aromatic N) is 2. The van der Waals surface area contributed by atoms with Crippen molar-refractivity contribution in [2.75, 3.05) is 5.73 Å². The van der Waals surface area contributed by atoms with E-state index in [1.165, 1.54) is 18.3 Å². The molecule has 5 heteroatoms. The van der Waals surface area contributed by atoms with E-state index in [9.17, 15) is 4.39 Å². The monoisotopic (exact) mass is 202 g/mol. The first-order chi connectivity index (χ1) is 7.22. The Labute approximate surface area is 85.1 Å². The number of aromatic amines is 1. The molecular weight excluding hydrogens is 195 g/mol. The Morgan fingerprint density at radius 3 is 2.87 bits per heavy atom. The van der Waals surface area contributed by atoms with Crippen LogP contribution in [0.5, 0.6) is 0 Å². The molecule has 0 saturated heterocycles. The molecule has 4 nitrogen and oxygen atoms in total. The highest BCUT2D eigenvalue weighted by atomic mass is 19.1. The Bertz CT molecular complexity index is 539. The van der Waals surface area contributed by atoms with Gasteiger partial charge in [-0.25, -0.2) is 4.39 Å². The number of rotatable bonds is 1. The maximum Gasteiger partial charge on any atom is 0.140 e. The third kappa shape index (κ3) is 1.53. The lowest BCUT2D eigenvalue weighted by atomic mass is 10.1. The lowest BCUT2D eigenvalue weighted by Crippen LogP contribution is -1.89. The third-order valence-electron chi connectivity index (χ3n) is 2.04. The van der Waals surface area contributed by atoms with Crippen molar-refractivity contribution in [1.29, 1.82) is 5.26 Å². The number of anilines is 1. The number of nitriles is 1. The predicted octanol–water partition coefficient (Wildman–Crippen LogP) is 1.67. The van der Waals surface area contributed by atoms with Gasteiger partial charge in [-0.1, -0.05) is 0 Å². The first-order valence-corrected chi connectivity index (χ1v) is 4.21. The molecule has 1 heterocycles. The average Bonchev–Trinajstić information content (AvgIpc) is 2.65. The van der Waals surface area contributed by atoms with Gasteiger partial charge in [0.2, 0.25) is 0 Å². The zero-order chi connectivity index (χ0) is 10.8. The largest absolute Gasteiger partial charge is 0.396 e. The minimum absolute atomic E-state index is 0.0125. The van der Waals surface area contributed by atoms with Gasteiger partial charge in [-0.2, -0.15) is 10.4 Å². The fourth-order valence-electron chi connectivity index (χ4n) is 1.29. The highest BCUT2D eigenvalue weighted by molar-refractivity contribution is 5.72. The molecule has 0 atom stereocenters. The molecular formula is C10H7FN4. The second kappa shape index (κ2) is 3.42. The number of halogens is 1. The lowest BCUT2D eigenvalue weighted by molar-refractivity contribution is 0.624. The molecule has 15 heavy (non-hydrogen) atoms. The van der Waals surface area contributed by atoms with Crippen LogP contribution in [0, 0.1) is 17.1 Å². The summed E-state index contributed by atoms with van der Waals surface area (Å²) in [6.07, 6.45) is 1.46. The van der Waals surface area contributed by atoms with Crippen molar-refractivity contribution in [3.8, 4) is 17.3 Å². The second-order valence-corrected chi connectivity index (χ2v) is 3.01. The summed E-state index contributed by atoms with van der Waals surface area (Å²) in [4.78, 5) is 0. The number of nitrogen functional groups attached to an aromatic ring is 1. The van der Waals surface area contributed by atoms with Gasteiger partial charge in [0.25, 0.3) is 0 Å². The lowest BCUT2D eigenvalue weighted by Gasteiger charge is -2.00. The van der Waals surface area contributed by atoms with Crippen LogP contribution in [-0.2, 0) is 0 Å². The number of hydrogen-bond acceptors (Lipinski definition) is 3. The number of aromatic nitrogens is 2. The molecule has 0 saturated carbocycles. The van der Waals surface area contributed by atoms with E-state index < -0.39 is 5.82 Å². The van der Waals surface area contributed by atoms with Gasteiger partial charge >= 0.3 is 0 Å². The zero-order valence-electron chi connectivity index (χ0n) is 7.66. The number of nitrogens with two attached hydrogens (primary N) is 1. The Morgan fingerprint density at radius 1 is 1.47 bits per heavy atom. The summed E-state index contributed by atoms with van der Waals surface area (Å²) in [7, 11) is 0. The van der Waals surface area contributed by atoms with Crippen LogP contribution in [0.3, 0.4) is 0 Å². The molecule has 2 aromatic rings. The molecule has 0 aliphatic carbocycles. The van der Waals surface area contributed by atoms with E-state index in [0.29, 0.717) is 16.9 Å². The quantitative estimate of drug-likeness (QED) is 0.738. The van der Waals surface area contributed by atoms with Crippen LogP contribution in [0.15, 0.2) is 24.4 Å². The van der Waals surface area contributed by atoms with Crippen molar-refractivity contribution in [2.45, 2.75) is 0 Å². The molecule has 0 spiro atoms. The van der Waals surface area contributed by atoms with Gasteiger partial charge in [0.05, 0.1) is 23.1 Å². The molecule has 0 aliphatic heterocycles. The first-order valence-electron chi connectivity index (χ1n) is 4.21. The fourth-order valence-corrected chi connectivity index (χ4v) is 1.29. The molecule has 74 valence electrons. The third-order valence-corrected chi connectivity index (χ3v) is 2.04. The van der Waals surface area contributed by atoms with E-state index >= 15 is 0 Å². The average molecular weight is 202 g/mol. The van der Waals surface area contributed by atoms with Crippen LogP contribution < -0.4 is 5.73 Å². The number of nitrogens with one attached hydrogen (secondary N) is 1.